The van der Waals surface area contributed by atoms with Gasteiger partial charge >= 0.3 is 12.2 Å². The maximum absolute atomic E-state index is 13.6. The van der Waals surface area contributed by atoms with Gasteiger partial charge in [0.2, 0.25) is 0 Å². The summed E-state index contributed by atoms with van der Waals surface area (Å²) in [6.45, 7) is -0.762. The van der Waals surface area contributed by atoms with E-state index in [1.807, 2.05) is 5.32 Å². The Morgan fingerprint density at radius 3 is 2.48 bits per heavy atom. The SMILES string of the molecule is COC[C@H](c1ccnc(NC(=O)[C@@H](NC(=O)c2ccnn2C)c2ccc(F)cc2)c1)N1C[C@@H](C(F)(F)F)NC1=O. The molecule has 0 spiro atoms. The van der Waals surface area contributed by atoms with Crippen molar-refractivity contribution in [1.82, 2.24) is 30.3 Å². The number of methoxy groups -OCH3 is 1. The van der Waals surface area contributed by atoms with E-state index in [0.717, 1.165) is 17.0 Å². The highest BCUT2D eigenvalue weighted by atomic mass is 19.4. The number of pyridine rings is 1. The van der Waals surface area contributed by atoms with Crippen molar-refractivity contribution < 1.29 is 36.7 Å². The monoisotopic (exact) mass is 563 g/mol. The van der Waals surface area contributed by atoms with Crippen LogP contribution in [-0.2, 0) is 16.6 Å². The number of carbonyl (C=O) groups excluding carboxylic acids is 3. The van der Waals surface area contributed by atoms with Crippen LogP contribution in [0.4, 0.5) is 28.2 Å². The van der Waals surface area contributed by atoms with E-state index in [2.05, 4.69) is 20.7 Å². The van der Waals surface area contributed by atoms with Crippen LogP contribution in [0, 0.1) is 5.82 Å². The maximum atomic E-state index is 13.6. The number of carbonyl (C=O) groups is 3. The zero-order chi connectivity index (χ0) is 29.0. The molecule has 212 valence electrons. The van der Waals surface area contributed by atoms with E-state index < -0.39 is 54.5 Å². The van der Waals surface area contributed by atoms with Gasteiger partial charge in [0, 0.05) is 26.6 Å². The molecule has 1 aromatic carbocycles. The van der Waals surface area contributed by atoms with Crippen molar-refractivity contribution >= 4 is 23.7 Å². The summed E-state index contributed by atoms with van der Waals surface area (Å²) in [6.07, 6.45) is -1.91. The van der Waals surface area contributed by atoms with E-state index in [1.54, 1.807) is 7.05 Å². The Bertz CT molecular complexity index is 1380. The van der Waals surface area contributed by atoms with Gasteiger partial charge in [0.15, 0.2) is 0 Å². The van der Waals surface area contributed by atoms with Crippen molar-refractivity contribution in [3.8, 4) is 0 Å². The van der Waals surface area contributed by atoms with Crippen LogP contribution in [-0.4, -0.2) is 70.0 Å². The molecule has 4 amide bonds. The van der Waals surface area contributed by atoms with E-state index >= 15 is 0 Å². The molecular formula is C25H25F4N7O4. The largest absolute Gasteiger partial charge is 0.410 e. The number of hydrogen-bond acceptors (Lipinski definition) is 6. The summed E-state index contributed by atoms with van der Waals surface area (Å²) in [5.74, 6) is -1.90. The minimum absolute atomic E-state index is 0.00234. The van der Waals surface area contributed by atoms with Crippen molar-refractivity contribution in [2.24, 2.45) is 7.05 Å². The van der Waals surface area contributed by atoms with Crippen molar-refractivity contribution in [3.05, 3.63) is 77.5 Å². The number of aryl methyl sites for hydroxylation is 1. The molecule has 3 heterocycles. The fraction of sp³-hybridized carbons (Fsp3) is 0.320. The number of alkyl halides is 3. The molecule has 11 nitrogen and oxygen atoms in total. The van der Waals surface area contributed by atoms with E-state index in [-0.39, 0.29) is 23.7 Å². The molecular weight excluding hydrogens is 538 g/mol. The molecule has 1 aliphatic heterocycles. The fourth-order valence-corrected chi connectivity index (χ4v) is 4.21. The van der Waals surface area contributed by atoms with Crippen LogP contribution < -0.4 is 16.0 Å². The third-order valence-electron chi connectivity index (χ3n) is 6.25. The number of nitrogens with zero attached hydrogens (tertiary/aromatic N) is 4. The average molecular weight is 564 g/mol. The van der Waals surface area contributed by atoms with Gasteiger partial charge in [0.05, 0.1) is 19.2 Å². The lowest BCUT2D eigenvalue weighted by Crippen LogP contribution is -2.40. The quantitative estimate of drug-likeness (QED) is 0.344. The normalized spacial score (nSPS) is 16.8. The predicted molar refractivity (Wildman–Crippen MR) is 132 cm³/mol. The standard InChI is InChI=1S/C25H25F4N7O4/c1-35-17(8-10-31-35)22(37)34-21(14-3-5-16(26)6-4-14)23(38)33-20-11-15(7-9-30-20)18(13-40-2)36-12-19(25(27,28)29)32-24(36)39/h3-11,18-19,21H,12-13H2,1-2H3,(H,32,39)(H,34,37)(H,30,33,38)/t18-,19+,21+/m1/s1. The Morgan fingerprint density at radius 1 is 1.15 bits per heavy atom. The molecule has 4 rings (SSSR count). The Hall–Kier alpha value is -4.53. The Morgan fingerprint density at radius 2 is 1.88 bits per heavy atom. The summed E-state index contributed by atoms with van der Waals surface area (Å²) in [6, 6.07) is 4.11. The molecule has 3 N–H and O–H groups in total. The average Bonchev–Trinajstić information content (AvgIpc) is 3.52. The van der Waals surface area contributed by atoms with Gasteiger partial charge in [0.1, 0.15) is 29.4 Å². The molecule has 1 fully saturated rings. The third kappa shape index (κ3) is 6.36. The molecule has 3 aromatic rings. The number of nitrogens with one attached hydrogen (secondary N) is 3. The highest BCUT2D eigenvalue weighted by Gasteiger charge is 2.48. The van der Waals surface area contributed by atoms with Crippen LogP contribution in [0.2, 0.25) is 0 Å². The number of anilines is 1. The first-order valence-electron chi connectivity index (χ1n) is 11.9. The smallest absolute Gasteiger partial charge is 0.382 e. The zero-order valence-corrected chi connectivity index (χ0v) is 21.3. The second kappa shape index (κ2) is 11.7. The van der Waals surface area contributed by atoms with Crippen LogP contribution in [0.3, 0.4) is 0 Å². The summed E-state index contributed by atoms with van der Waals surface area (Å²) >= 11 is 0. The number of hydrogen-bond donors (Lipinski definition) is 3. The molecule has 40 heavy (non-hydrogen) atoms. The Balaban J connectivity index is 1.58. The highest BCUT2D eigenvalue weighted by Crippen LogP contribution is 2.31. The maximum Gasteiger partial charge on any atom is 0.410 e. The summed E-state index contributed by atoms with van der Waals surface area (Å²) in [4.78, 5) is 43.7. The lowest BCUT2D eigenvalue weighted by Gasteiger charge is -2.27. The molecule has 1 aliphatic rings. The van der Waals surface area contributed by atoms with Gasteiger partial charge in [-0.15, -0.1) is 0 Å². The van der Waals surface area contributed by atoms with Crippen molar-refractivity contribution in [2.45, 2.75) is 24.3 Å². The van der Waals surface area contributed by atoms with Crippen LogP contribution in [0.1, 0.15) is 33.7 Å². The number of halogens is 4. The number of amides is 4. The first-order chi connectivity index (χ1) is 19.0. The van der Waals surface area contributed by atoms with Gasteiger partial charge in [-0.3, -0.25) is 14.3 Å². The van der Waals surface area contributed by atoms with Crippen molar-refractivity contribution in [1.29, 1.82) is 0 Å². The Kier molecular flexibility index (Phi) is 8.32. The molecule has 2 aromatic heterocycles. The number of ether oxygens (including phenoxy) is 1. The fourth-order valence-electron chi connectivity index (χ4n) is 4.21. The van der Waals surface area contributed by atoms with Crippen molar-refractivity contribution in [2.75, 3.05) is 25.6 Å². The summed E-state index contributed by atoms with van der Waals surface area (Å²) in [7, 11) is 2.88. The topological polar surface area (TPSA) is 130 Å². The first-order valence-corrected chi connectivity index (χ1v) is 11.9. The third-order valence-corrected chi connectivity index (χ3v) is 6.25. The summed E-state index contributed by atoms with van der Waals surface area (Å²) < 4.78 is 59.7. The number of urea groups is 1. The van der Waals surface area contributed by atoms with Crippen LogP contribution >= 0.6 is 0 Å². The molecule has 1 saturated heterocycles. The molecule has 0 unspecified atom stereocenters. The Labute approximate surface area is 225 Å². The van der Waals surface area contributed by atoms with Crippen LogP contribution in [0.15, 0.2) is 54.9 Å². The molecule has 0 radical (unpaired) electrons. The van der Waals surface area contributed by atoms with E-state index in [1.165, 1.54) is 54.5 Å². The highest BCUT2D eigenvalue weighted by molar-refractivity contribution is 6.00. The van der Waals surface area contributed by atoms with E-state index in [9.17, 15) is 31.9 Å². The van der Waals surface area contributed by atoms with Gasteiger partial charge in [0.25, 0.3) is 11.8 Å². The number of benzene rings is 1. The van der Waals surface area contributed by atoms with Gasteiger partial charge in [-0.1, -0.05) is 12.1 Å². The molecule has 3 atom stereocenters. The summed E-state index contributed by atoms with van der Waals surface area (Å²) in [5.41, 5.74) is 0.792. The van der Waals surface area contributed by atoms with Gasteiger partial charge in [-0.05, 0) is 41.5 Å². The van der Waals surface area contributed by atoms with E-state index in [0.29, 0.717) is 5.56 Å². The lowest BCUT2D eigenvalue weighted by molar-refractivity contribution is -0.150. The van der Waals surface area contributed by atoms with Crippen molar-refractivity contribution in [3.63, 3.8) is 0 Å². The van der Waals surface area contributed by atoms with Gasteiger partial charge in [-0.25, -0.2) is 14.2 Å². The van der Waals surface area contributed by atoms with Gasteiger partial charge in [-0.2, -0.15) is 18.3 Å². The lowest BCUT2D eigenvalue weighted by atomic mass is 10.0. The molecule has 0 bridgehead atoms. The van der Waals surface area contributed by atoms with Gasteiger partial charge < -0.3 is 25.6 Å². The number of rotatable bonds is 9. The van der Waals surface area contributed by atoms with Crippen LogP contribution in [0.25, 0.3) is 0 Å². The molecule has 0 aliphatic carbocycles. The van der Waals surface area contributed by atoms with Crippen LogP contribution in [0.5, 0.6) is 0 Å². The first kappa shape index (κ1) is 28.5. The molecule has 15 heteroatoms. The second-order valence-corrected chi connectivity index (χ2v) is 8.93. The minimum atomic E-state index is -4.63. The predicted octanol–water partition coefficient (Wildman–Crippen LogP) is 2.71. The second-order valence-electron chi connectivity index (χ2n) is 8.93. The molecule has 0 saturated carbocycles. The number of aromatic nitrogens is 3. The van der Waals surface area contributed by atoms with E-state index in [4.69, 9.17) is 4.74 Å². The minimum Gasteiger partial charge on any atom is -0.382 e. The zero-order valence-electron chi connectivity index (χ0n) is 21.3. The summed E-state index contributed by atoms with van der Waals surface area (Å²) in [5, 5.41) is 11.0.